The van der Waals surface area contributed by atoms with Crippen molar-refractivity contribution in [3.8, 4) is 5.75 Å². The van der Waals surface area contributed by atoms with Crippen LogP contribution < -0.4 is 14.4 Å². The van der Waals surface area contributed by atoms with Gasteiger partial charge in [-0.05, 0) is 48.2 Å². The monoisotopic (exact) mass is 625 g/mol. The van der Waals surface area contributed by atoms with Crippen molar-refractivity contribution in [2.75, 3.05) is 18.0 Å². The molecule has 0 radical (unpaired) electrons. The number of nitrogens with one attached hydrogen (secondary N) is 1. The number of carbonyl (C=O) groups excluding carboxylic acids is 2. The SMILES string of the molecule is COc1cccc(N(CC(=O)N(Cc2ccccc2)C(Cc2ccccc2)C(=O)NC2CCCC2)S(=O)(=O)c2ccccc2)c1. The van der Waals surface area contributed by atoms with Crippen molar-refractivity contribution in [3.63, 3.8) is 0 Å². The van der Waals surface area contributed by atoms with Crippen LogP contribution in [0.25, 0.3) is 0 Å². The molecule has 0 aromatic heterocycles. The summed E-state index contributed by atoms with van der Waals surface area (Å²) in [4.78, 5) is 30.2. The van der Waals surface area contributed by atoms with Crippen LogP contribution >= 0.6 is 0 Å². The fraction of sp³-hybridized carbons (Fsp3) is 0.278. The summed E-state index contributed by atoms with van der Waals surface area (Å²) >= 11 is 0. The molecule has 4 aromatic rings. The van der Waals surface area contributed by atoms with Crippen molar-refractivity contribution < 1.29 is 22.7 Å². The maximum absolute atomic E-state index is 14.5. The van der Waals surface area contributed by atoms with Gasteiger partial charge in [0.1, 0.15) is 18.3 Å². The van der Waals surface area contributed by atoms with Crippen LogP contribution in [0.5, 0.6) is 5.75 Å². The van der Waals surface area contributed by atoms with Crippen LogP contribution in [-0.2, 0) is 32.6 Å². The van der Waals surface area contributed by atoms with Crippen LogP contribution in [0.3, 0.4) is 0 Å². The molecule has 1 atom stereocenters. The molecular weight excluding hydrogens is 586 g/mol. The summed E-state index contributed by atoms with van der Waals surface area (Å²) in [6.45, 7) is -0.383. The van der Waals surface area contributed by atoms with Gasteiger partial charge in [-0.1, -0.05) is 97.8 Å². The molecule has 1 aliphatic rings. The van der Waals surface area contributed by atoms with Gasteiger partial charge in [-0.25, -0.2) is 8.42 Å². The van der Waals surface area contributed by atoms with E-state index in [0.717, 1.165) is 41.1 Å². The molecule has 0 aliphatic heterocycles. The Kier molecular flexibility index (Phi) is 10.5. The van der Waals surface area contributed by atoms with E-state index in [-0.39, 0.29) is 35.5 Å². The summed E-state index contributed by atoms with van der Waals surface area (Å²) in [5.74, 6) is -0.287. The Hall–Kier alpha value is -4.63. The fourth-order valence-electron chi connectivity index (χ4n) is 5.72. The number of anilines is 1. The quantitative estimate of drug-likeness (QED) is 0.209. The first-order valence-electron chi connectivity index (χ1n) is 15.2. The van der Waals surface area contributed by atoms with Crippen molar-refractivity contribution in [3.05, 3.63) is 126 Å². The van der Waals surface area contributed by atoms with Gasteiger partial charge in [-0.15, -0.1) is 0 Å². The second-order valence-electron chi connectivity index (χ2n) is 11.2. The normalized spacial score (nSPS) is 14.0. The minimum absolute atomic E-state index is 0.0510. The van der Waals surface area contributed by atoms with Crippen LogP contribution in [-0.4, -0.2) is 50.9 Å². The summed E-state index contributed by atoms with van der Waals surface area (Å²) < 4.78 is 34.7. The smallest absolute Gasteiger partial charge is 0.264 e. The van der Waals surface area contributed by atoms with Gasteiger partial charge in [-0.3, -0.25) is 13.9 Å². The molecule has 1 fully saturated rings. The summed E-state index contributed by atoms with van der Waals surface area (Å²) in [6.07, 6.45) is 4.18. The van der Waals surface area contributed by atoms with Crippen molar-refractivity contribution in [2.24, 2.45) is 0 Å². The van der Waals surface area contributed by atoms with Crippen LogP contribution in [0.1, 0.15) is 36.8 Å². The Morgan fingerprint density at radius 1 is 0.822 bits per heavy atom. The average molecular weight is 626 g/mol. The molecule has 2 amide bonds. The Morgan fingerprint density at radius 2 is 1.42 bits per heavy atom. The number of nitrogens with zero attached hydrogens (tertiary/aromatic N) is 2. The summed E-state index contributed by atoms with van der Waals surface area (Å²) in [7, 11) is -2.68. The lowest BCUT2D eigenvalue weighted by atomic mass is 10.0. The van der Waals surface area contributed by atoms with Gasteiger partial charge in [0.2, 0.25) is 11.8 Å². The maximum atomic E-state index is 14.5. The molecule has 1 unspecified atom stereocenters. The van der Waals surface area contributed by atoms with Gasteiger partial charge >= 0.3 is 0 Å². The fourth-order valence-corrected chi connectivity index (χ4v) is 7.14. The molecule has 1 aliphatic carbocycles. The van der Waals surface area contributed by atoms with Crippen molar-refractivity contribution in [1.29, 1.82) is 0 Å². The lowest BCUT2D eigenvalue weighted by Gasteiger charge is -2.34. The van der Waals surface area contributed by atoms with Gasteiger partial charge in [0.15, 0.2) is 0 Å². The molecule has 0 bridgehead atoms. The van der Waals surface area contributed by atoms with Crippen LogP contribution in [0, 0.1) is 0 Å². The predicted octanol–water partition coefficient (Wildman–Crippen LogP) is 5.59. The zero-order valence-corrected chi connectivity index (χ0v) is 26.2. The van der Waals surface area contributed by atoms with E-state index in [1.165, 1.54) is 24.1 Å². The van der Waals surface area contributed by atoms with Gasteiger partial charge in [0.05, 0.1) is 17.7 Å². The molecule has 9 heteroatoms. The summed E-state index contributed by atoms with van der Waals surface area (Å²) in [5.41, 5.74) is 2.01. The first-order chi connectivity index (χ1) is 21.8. The third-order valence-corrected chi connectivity index (χ3v) is 9.91. The maximum Gasteiger partial charge on any atom is 0.264 e. The molecule has 0 spiro atoms. The lowest BCUT2D eigenvalue weighted by molar-refractivity contribution is -0.140. The molecule has 0 saturated heterocycles. The number of hydrogen-bond acceptors (Lipinski definition) is 5. The van der Waals surface area contributed by atoms with E-state index in [1.807, 2.05) is 60.7 Å². The van der Waals surface area contributed by atoms with Crippen LogP contribution in [0.4, 0.5) is 5.69 Å². The number of sulfonamides is 1. The number of ether oxygens (including phenoxy) is 1. The largest absolute Gasteiger partial charge is 0.497 e. The third kappa shape index (κ3) is 8.10. The van der Waals surface area contributed by atoms with E-state index in [9.17, 15) is 18.0 Å². The highest BCUT2D eigenvalue weighted by atomic mass is 32.2. The molecule has 234 valence electrons. The number of hydrogen-bond donors (Lipinski definition) is 1. The van der Waals surface area contributed by atoms with Gasteiger partial charge in [-0.2, -0.15) is 0 Å². The van der Waals surface area contributed by atoms with Crippen molar-refractivity contribution in [2.45, 2.75) is 55.6 Å². The first kappa shape index (κ1) is 31.8. The predicted molar refractivity (Wildman–Crippen MR) is 175 cm³/mol. The van der Waals surface area contributed by atoms with E-state index >= 15 is 0 Å². The molecule has 45 heavy (non-hydrogen) atoms. The van der Waals surface area contributed by atoms with E-state index in [2.05, 4.69) is 5.32 Å². The Morgan fingerprint density at radius 3 is 2.04 bits per heavy atom. The molecule has 1 N–H and O–H groups in total. The van der Waals surface area contributed by atoms with Gasteiger partial charge in [0.25, 0.3) is 10.0 Å². The highest BCUT2D eigenvalue weighted by Gasteiger charge is 2.35. The highest BCUT2D eigenvalue weighted by molar-refractivity contribution is 7.92. The molecule has 4 aromatic carbocycles. The molecule has 0 heterocycles. The average Bonchev–Trinajstić information content (AvgIpc) is 3.59. The van der Waals surface area contributed by atoms with E-state index in [0.29, 0.717) is 5.75 Å². The topological polar surface area (TPSA) is 96.0 Å². The third-order valence-electron chi connectivity index (χ3n) is 8.12. The zero-order valence-electron chi connectivity index (χ0n) is 25.4. The second kappa shape index (κ2) is 14.9. The standard InChI is InChI=1S/C36H39N3O5S/c1-44-32-21-13-20-31(25-32)39(45(42,43)33-22-9-4-10-23-33)27-35(40)38(26-29-16-7-3-8-17-29)34(24-28-14-5-2-6-15-28)36(41)37-30-18-11-12-19-30/h2-10,13-17,20-23,25,30,34H,11-12,18-19,24,26-27H2,1H3,(H,37,41). The highest BCUT2D eigenvalue weighted by Crippen LogP contribution is 2.28. The number of carbonyl (C=O) groups is 2. The summed E-state index contributed by atoms with van der Waals surface area (Å²) in [5, 5.41) is 3.20. The molecule has 5 rings (SSSR count). The van der Waals surface area contributed by atoms with Crippen molar-refractivity contribution >= 4 is 27.5 Å². The van der Waals surface area contributed by atoms with Crippen molar-refractivity contribution in [1.82, 2.24) is 10.2 Å². The second-order valence-corrected chi connectivity index (χ2v) is 13.1. The Bertz CT molecular complexity index is 1660. The van der Waals surface area contributed by atoms with Gasteiger partial charge in [0, 0.05) is 25.1 Å². The van der Waals surface area contributed by atoms with Gasteiger partial charge < -0.3 is 15.0 Å². The summed E-state index contributed by atoms with van der Waals surface area (Å²) in [6, 6.07) is 32.8. The van der Waals surface area contributed by atoms with Crippen LogP contribution in [0.2, 0.25) is 0 Å². The molecule has 1 saturated carbocycles. The van der Waals surface area contributed by atoms with E-state index in [4.69, 9.17) is 4.74 Å². The lowest BCUT2D eigenvalue weighted by Crippen LogP contribution is -2.54. The Balaban J connectivity index is 1.56. The van der Waals surface area contributed by atoms with E-state index in [1.54, 1.807) is 42.5 Å². The number of benzene rings is 4. The Labute approximate surface area is 265 Å². The van der Waals surface area contributed by atoms with E-state index < -0.39 is 28.5 Å². The zero-order chi connectivity index (χ0) is 31.6. The number of methoxy groups -OCH3 is 1. The van der Waals surface area contributed by atoms with Crippen LogP contribution in [0.15, 0.2) is 120 Å². The minimum Gasteiger partial charge on any atom is -0.497 e. The number of amides is 2. The minimum atomic E-state index is -4.17. The first-order valence-corrected chi connectivity index (χ1v) is 16.7. The molecular formula is C36H39N3O5S. The number of rotatable bonds is 13. The molecule has 8 nitrogen and oxygen atoms in total.